The van der Waals surface area contributed by atoms with Crippen molar-refractivity contribution in [3.63, 3.8) is 0 Å². The van der Waals surface area contributed by atoms with Crippen LogP contribution in [0, 0.1) is 11.8 Å². The van der Waals surface area contributed by atoms with Crippen LogP contribution in [0.5, 0.6) is 5.75 Å². The average Bonchev–Trinajstić information content (AvgIpc) is 2.85. The van der Waals surface area contributed by atoms with Gasteiger partial charge in [-0.1, -0.05) is 13.0 Å². The Labute approximate surface area is 251 Å². The highest BCUT2D eigenvalue weighted by Crippen LogP contribution is 2.56. The third kappa shape index (κ3) is 4.51. The summed E-state index contributed by atoms with van der Waals surface area (Å²) in [6.45, 7) is 11.2. The van der Waals surface area contributed by atoms with E-state index >= 15 is 0 Å². The van der Waals surface area contributed by atoms with Crippen LogP contribution in [0.4, 0.5) is 5.69 Å². The van der Waals surface area contributed by atoms with Crippen LogP contribution in [0.25, 0.3) is 5.76 Å². The predicted octanol–water partition coefficient (Wildman–Crippen LogP) is 2.32. The average molecular weight is 598 g/mol. The van der Waals surface area contributed by atoms with E-state index in [1.165, 1.54) is 19.0 Å². The molecule has 11 heteroatoms. The zero-order valence-corrected chi connectivity index (χ0v) is 25.9. The van der Waals surface area contributed by atoms with Crippen LogP contribution < -0.4 is 10.6 Å². The van der Waals surface area contributed by atoms with Crippen LogP contribution in [0.3, 0.4) is 0 Å². The third-order valence-electron chi connectivity index (χ3n) is 9.78. The molecule has 7 N–H and O–H groups in total. The molecule has 4 aliphatic rings. The topological polar surface area (TPSA) is 180 Å². The van der Waals surface area contributed by atoms with Gasteiger partial charge < -0.3 is 36.2 Å². The van der Waals surface area contributed by atoms with Crippen molar-refractivity contribution < 1.29 is 39.9 Å². The maximum absolute atomic E-state index is 14.2. The Morgan fingerprint density at radius 1 is 1.05 bits per heavy atom. The smallest absolute Gasteiger partial charge is 0.202 e. The van der Waals surface area contributed by atoms with E-state index in [9.17, 15) is 39.9 Å². The Morgan fingerprint density at radius 3 is 2.16 bits per heavy atom. The number of carbonyl (C=O) groups excluding carboxylic acids is 3. The number of Topliss-reactive ketones (excluding diaryl/α,β-unsaturated/α-hetero) is 3. The minimum atomic E-state index is -2.86. The lowest BCUT2D eigenvalue weighted by Crippen LogP contribution is -2.70. The SMILES string of the molecule is CC(=O)C1=C(O)[C@@]2(O)C(=O)C3=C(O)c4c(ccc(NC5CC(C)(C)NC(C)(C)C5)c4O)[C@H](C)[C@H]3[C@H](O)[C@H]2[C@H](N(C)C)C1=O. The second-order valence-corrected chi connectivity index (χ2v) is 14.3. The molecule has 5 rings (SSSR count). The van der Waals surface area contributed by atoms with Gasteiger partial charge in [0, 0.05) is 28.6 Å². The zero-order chi connectivity index (χ0) is 32.1. The first kappa shape index (κ1) is 31.2. The number of piperidine rings is 1. The Morgan fingerprint density at radius 2 is 1.63 bits per heavy atom. The lowest BCUT2D eigenvalue weighted by atomic mass is 9.54. The quantitative estimate of drug-likeness (QED) is 0.200. The number of nitrogens with one attached hydrogen (secondary N) is 2. The Balaban J connectivity index is 1.66. The molecule has 1 heterocycles. The number of anilines is 1. The summed E-state index contributed by atoms with van der Waals surface area (Å²) in [5.41, 5.74) is -3.48. The van der Waals surface area contributed by atoms with E-state index in [1.54, 1.807) is 19.1 Å². The molecule has 1 aromatic rings. The van der Waals surface area contributed by atoms with E-state index in [2.05, 4.69) is 38.3 Å². The number of phenolic OH excluding ortho intramolecular Hbond substituents is 1. The molecule has 1 saturated heterocycles. The number of benzene rings is 1. The number of aliphatic hydroxyl groups is 4. The van der Waals surface area contributed by atoms with Crippen LogP contribution in [0.15, 0.2) is 29.0 Å². The molecule has 0 radical (unpaired) electrons. The van der Waals surface area contributed by atoms with E-state index in [-0.39, 0.29) is 34.0 Å². The summed E-state index contributed by atoms with van der Waals surface area (Å²) in [5, 5.41) is 65.0. The maximum Gasteiger partial charge on any atom is 0.202 e. The molecule has 0 amide bonds. The molecule has 234 valence electrons. The first-order valence-electron chi connectivity index (χ1n) is 14.7. The number of hydrogen-bond donors (Lipinski definition) is 7. The number of fused-ring (bicyclic) bond motifs is 3. The standard InChI is InChI=1S/C32H43N3O8/c1-13-16-9-10-17(33-15-11-30(3,4)34-31(5,6)12-15)24(37)20(16)25(38)21-18(13)26(39)22-23(35(7)8)27(40)19(14(2)36)28(41)32(22,43)29(21)42/h9-10,13,15,18,22-23,26,33-34,37-39,41,43H,11-12H2,1-8H3/t13-,18+,22+,23-,26-,32+/m0/s1. The Kier molecular flexibility index (Phi) is 7.17. The molecule has 43 heavy (non-hydrogen) atoms. The van der Waals surface area contributed by atoms with Gasteiger partial charge in [0.25, 0.3) is 0 Å². The second-order valence-electron chi connectivity index (χ2n) is 14.3. The van der Waals surface area contributed by atoms with Gasteiger partial charge >= 0.3 is 0 Å². The van der Waals surface area contributed by atoms with Crippen molar-refractivity contribution in [1.29, 1.82) is 0 Å². The Hall–Kier alpha value is -3.25. The van der Waals surface area contributed by atoms with Gasteiger partial charge in [0.05, 0.1) is 29.3 Å². The predicted molar refractivity (Wildman–Crippen MR) is 160 cm³/mol. The number of aliphatic hydroxyl groups excluding tert-OH is 3. The normalized spacial score (nSPS) is 33.7. The van der Waals surface area contributed by atoms with Gasteiger partial charge in [-0.2, -0.15) is 0 Å². The molecule has 1 saturated carbocycles. The lowest BCUT2D eigenvalue weighted by Gasteiger charge is -2.53. The van der Waals surface area contributed by atoms with Gasteiger partial charge in [-0.3, -0.25) is 19.3 Å². The number of ketones is 3. The van der Waals surface area contributed by atoms with Crippen LogP contribution in [-0.4, -0.2) is 96.7 Å². The van der Waals surface area contributed by atoms with Crippen molar-refractivity contribution in [3.8, 4) is 5.75 Å². The summed E-state index contributed by atoms with van der Waals surface area (Å²) < 4.78 is 0. The van der Waals surface area contributed by atoms with Gasteiger partial charge in [-0.05, 0) is 79.1 Å². The molecule has 6 atom stereocenters. The van der Waals surface area contributed by atoms with Crippen molar-refractivity contribution >= 4 is 28.8 Å². The molecule has 2 fully saturated rings. The van der Waals surface area contributed by atoms with Crippen LogP contribution in [-0.2, 0) is 14.4 Å². The molecule has 1 aliphatic heterocycles. The summed E-state index contributed by atoms with van der Waals surface area (Å²) in [5.74, 6) is -8.07. The number of aromatic hydroxyl groups is 1. The number of likely N-dealkylation sites (N-methyl/N-ethyl adjacent to an activating group) is 1. The summed E-state index contributed by atoms with van der Waals surface area (Å²) in [7, 11) is 3.03. The number of nitrogens with zero attached hydrogens (tertiary/aromatic N) is 1. The summed E-state index contributed by atoms with van der Waals surface area (Å²) in [6.07, 6.45) is -0.0739. The Bertz CT molecular complexity index is 1480. The molecular formula is C32H43N3O8. The van der Waals surface area contributed by atoms with Gasteiger partial charge in [0.15, 0.2) is 17.2 Å². The first-order chi connectivity index (χ1) is 19.7. The fourth-order valence-corrected chi connectivity index (χ4v) is 8.48. The van der Waals surface area contributed by atoms with Gasteiger partial charge in [-0.15, -0.1) is 0 Å². The molecule has 0 bridgehead atoms. The summed E-state index contributed by atoms with van der Waals surface area (Å²) in [6, 6.07) is 2.10. The summed E-state index contributed by atoms with van der Waals surface area (Å²) >= 11 is 0. The van der Waals surface area contributed by atoms with Crippen LogP contribution in [0.1, 0.15) is 71.4 Å². The lowest BCUT2D eigenvalue weighted by molar-refractivity contribution is -0.169. The minimum absolute atomic E-state index is 0.00916. The van der Waals surface area contributed by atoms with Crippen LogP contribution in [0.2, 0.25) is 0 Å². The van der Waals surface area contributed by atoms with E-state index < -0.39 is 69.9 Å². The molecular weight excluding hydrogens is 554 g/mol. The number of hydrogen-bond acceptors (Lipinski definition) is 11. The number of phenols is 1. The summed E-state index contributed by atoms with van der Waals surface area (Å²) in [4.78, 5) is 41.4. The monoisotopic (exact) mass is 597 g/mol. The molecule has 0 unspecified atom stereocenters. The number of rotatable bonds is 4. The fraction of sp³-hybridized carbons (Fsp3) is 0.594. The van der Waals surface area contributed by atoms with E-state index in [1.807, 2.05) is 0 Å². The highest BCUT2D eigenvalue weighted by atomic mass is 16.4. The van der Waals surface area contributed by atoms with Crippen molar-refractivity contribution in [2.75, 3.05) is 19.4 Å². The third-order valence-corrected chi connectivity index (χ3v) is 9.78. The molecule has 0 spiro atoms. The molecule has 1 aromatic carbocycles. The molecule has 0 aromatic heterocycles. The van der Waals surface area contributed by atoms with Crippen molar-refractivity contribution in [3.05, 3.63) is 40.2 Å². The highest BCUT2D eigenvalue weighted by molar-refractivity contribution is 6.25. The second kappa shape index (κ2) is 9.88. The van der Waals surface area contributed by atoms with Crippen molar-refractivity contribution in [1.82, 2.24) is 10.2 Å². The van der Waals surface area contributed by atoms with Gasteiger partial charge in [0.2, 0.25) is 5.78 Å². The van der Waals surface area contributed by atoms with Crippen molar-refractivity contribution in [2.45, 2.75) is 95.2 Å². The maximum atomic E-state index is 14.2. The van der Waals surface area contributed by atoms with E-state index in [0.717, 1.165) is 19.8 Å². The van der Waals surface area contributed by atoms with Gasteiger partial charge in [0.1, 0.15) is 22.8 Å². The van der Waals surface area contributed by atoms with Gasteiger partial charge in [-0.25, -0.2) is 0 Å². The van der Waals surface area contributed by atoms with E-state index in [4.69, 9.17) is 0 Å². The first-order valence-corrected chi connectivity index (χ1v) is 14.7. The van der Waals surface area contributed by atoms with E-state index in [0.29, 0.717) is 11.3 Å². The minimum Gasteiger partial charge on any atom is -0.508 e. The zero-order valence-electron chi connectivity index (χ0n) is 25.9. The largest absolute Gasteiger partial charge is 0.508 e. The van der Waals surface area contributed by atoms with Crippen molar-refractivity contribution in [2.24, 2.45) is 11.8 Å². The number of carbonyl (C=O) groups is 3. The molecule has 3 aliphatic carbocycles. The highest BCUT2D eigenvalue weighted by Gasteiger charge is 2.68. The molecule has 11 nitrogen and oxygen atoms in total. The van der Waals surface area contributed by atoms with Crippen LogP contribution >= 0.6 is 0 Å². The fourth-order valence-electron chi connectivity index (χ4n) is 8.48.